The highest BCUT2D eigenvalue weighted by molar-refractivity contribution is 7.81. The summed E-state index contributed by atoms with van der Waals surface area (Å²) in [4.78, 5) is 10.2. The molecule has 0 bridgehead atoms. The fourth-order valence-electron chi connectivity index (χ4n) is 1.49. The Bertz CT molecular complexity index is 545. The molecule has 0 saturated heterocycles. The van der Waals surface area contributed by atoms with E-state index in [2.05, 4.69) is 17.9 Å². The maximum atomic E-state index is 11.5. The molecule has 5 nitrogen and oxygen atoms in total. The third-order valence-corrected chi connectivity index (χ3v) is 4.16. The van der Waals surface area contributed by atoms with Crippen molar-refractivity contribution >= 4 is 32.0 Å². The van der Waals surface area contributed by atoms with Crippen molar-refractivity contribution in [2.75, 3.05) is 6.54 Å². The molecule has 2 atom stereocenters. The molecule has 1 aromatic carbocycles. The van der Waals surface area contributed by atoms with Gasteiger partial charge in [-0.2, -0.15) is 0 Å². The number of thiol groups is 1. The van der Waals surface area contributed by atoms with E-state index in [1.165, 1.54) is 20.8 Å². The van der Waals surface area contributed by atoms with Gasteiger partial charge in [-0.25, -0.2) is 4.79 Å². The van der Waals surface area contributed by atoms with Crippen LogP contribution in [0.4, 0.5) is 4.79 Å². The molecule has 0 saturated carbocycles. The van der Waals surface area contributed by atoms with Crippen LogP contribution < -0.4 is 10.8 Å². The average molecular weight is 381 g/mol. The van der Waals surface area contributed by atoms with E-state index in [1.807, 2.05) is 52.0 Å². The summed E-state index contributed by atoms with van der Waals surface area (Å²) in [5.74, 6) is 0.220. The van der Waals surface area contributed by atoms with Crippen molar-refractivity contribution in [1.29, 1.82) is 0 Å². The predicted molar refractivity (Wildman–Crippen MR) is 110 cm³/mol. The summed E-state index contributed by atoms with van der Waals surface area (Å²) in [5.41, 5.74) is 0.274. The Labute approximate surface area is 164 Å². The molecule has 0 fully saturated rings. The minimum absolute atomic E-state index is 0.220. The Morgan fingerprint density at radius 3 is 1.92 bits per heavy atom. The molecule has 7 heteroatoms. The molecule has 3 N–H and O–H groups in total. The van der Waals surface area contributed by atoms with Crippen LogP contribution in [0.2, 0.25) is 0 Å². The molecule has 146 valence electrons. The zero-order valence-electron chi connectivity index (χ0n) is 16.8. The van der Waals surface area contributed by atoms with Crippen molar-refractivity contribution in [3.63, 3.8) is 0 Å². The standard InChI is InChI=1S/C14H20BNO2.C5H12O2S/c1-10(11-5-7-12(15)8-6-11)9-16-13(17)18-14(2,3)4;1-4(2,6)5(3,7)8/h5-8,10H,9H2,1-4H3,(H,16,17);6-8H,1-3H3. The smallest absolute Gasteiger partial charge is 0.407 e. The zero-order valence-corrected chi connectivity index (χ0v) is 17.7. The van der Waals surface area contributed by atoms with Crippen LogP contribution in [0.3, 0.4) is 0 Å². The van der Waals surface area contributed by atoms with Gasteiger partial charge in [0.15, 0.2) is 0 Å². The molecule has 1 rings (SSSR count). The number of hydrogen-bond acceptors (Lipinski definition) is 5. The van der Waals surface area contributed by atoms with E-state index in [0.717, 1.165) is 11.0 Å². The van der Waals surface area contributed by atoms with Crippen LogP contribution in [0.1, 0.15) is 59.9 Å². The summed E-state index contributed by atoms with van der Waals surface area (Å²) >= 11 is 3.74. The number of rotatable bonds is 4. The SMILES string of the molecule is CC(C)(O)C(C)(O)S.[B]c1ccc(C(C)CNC(=O)OC(C)(C)C)cc1. The van der Waals surface area contributed by atoms with E-state index in [4.69, 9.17) is 22.8 Å². The Hall–Kier alpha value is -1.18. The highest BCUT2D eigenvalue weighted by atomic mass is 32.1. The summed E-state index contributed by atoms with van der Waals surface area (Å²) in [5, 5.41) is 20.8. The van der Waals surface area contributed by atoms with Crippen molar-refractivity contribution in [2.45, 2.75) is 70.5 Å². The molecule has 0 aliphatic carbocycles. The van der Waals surface area contributed by atoms with Crippen LogP contribution in [0.15, 0.2) is 24.3 Å². The first-order valence-electron chi connectivity index (χ1n) is 8.52. The van der Waals surface area contributed by atoms with E-state index in [-0.39, 0.29) is 12.0 Å². The van der Waals surface area contributed by atoms with E-state index in [0.29, 0.717) is 6.54 Å². The van der Waals surface area contributed by atoms with Gasteiger partial charge in [-0.1, -0.05) is 36.7 Å². The van der Waals surface area contributed by atoms with Gasteiger partial charge < -0.3 is 20.3 Å². The summed E-state index contributed by atoms with van der Waals surface area (Å²) in [6.45, 7) is 12.6. The Morgan fingerprint density at radius 2 is 1.58 bits per heavy atom. The fraction of sp³-hybridized carbons (Fsp3) is 0.632. The molecule has 0 aliphatic heterocycles. The fourth-order valence-corrected chi connectivity index (χ4v) is 1.49. The zero-order chi connectivity index (χ0) is 20.8. The maximum Gasteiger partial charge on any atom is 0.407 e. The number of ether oxygens (including phenoxy) is 1. The molecule has 0 spiro atoms. The van der Waals surface area contributed by atoms with Gasteiger partial charge in [-0.15, -0.1) is 12.6 Å². The van der Waals surface area contributed by atoms with Crippen molar-refractivity contribution in [2.24, 2.45) is 0 Å². The average Bonchev–Trinajstić information content (AvgIpc) is 2.42. The molecular weight excluding hydrogens is 349 g/mol. The van der Waals surface area contributed by atoms with Crippen LogP contribution in [-0.2, 0) is 4.74 Å². The first kappa shape index (κ1) is 24.8. The van der Waals surface area contributed by atoms with E-state index in [9.17, 15) is 4.79 Å². The summed E-state index contributed by atoms with van der Waals surface area (Å²) < 4.78 is 5.17. The normalized spacial score (nSPS) is 15.2. The minimum Gasteiger partial charge on any atom is -0.444 e. The lowest BCUT2D eigenvalue weighted by Crippen LogP contribution is -2.42. The molecule has 2 unspecified atom stereocenters. The number of hydrogen-bond donors (Lipinski definition) is 4. The highest BCUT2D eigenvalue weighted by Crippen LogP contribution is 2.23. The van der Waals surface area contributed by atoms with E-state index >= 15 is 0 Å². The number of aliphatic hydroxyl groups is 2. The van der Waals surface area contributed by atoms with Crippen LogP contribution in [0, 0.1) is 0 Å². The second kappa shape index (κ2) is 9.67. The largest absolute Gasteiger partial charge is 0.444 e. The first-order chi connectivity index (χ1) is 11.5. The summed E-state index contributed by atoms with van der Waals surface area (Å²) in [7, 11) is 5.63. The van der Waals surface area contributed by atoms with Crippen LogP contribution >= 0.6 is 12.6 Å². The Kier molecular flexibility index (Phi) is 9.23. The molecule has 0 aromatic heterocycles. The molecule has 0 heterocycles. The van der Waals surface area contributed by atoms with Gasteiger partial charge in [-0.3, -0.25) is 0 Å². The van der Waals surface area contributed by atoms with Gasteiger partial charge in [0, 0.05) is 6.54 Å². The lowest BCUT2D eigenvalue weighted by atomic mass is 9.92. The van der Waals surface area contributed by atoms with Crippen LogP contribution in [-0.4, -0.2) is 46.8 Å². The van der Waals surface area contributed by atoms with Crippen LogP contribution in [0.25, 0.3) is 0 Å². The molecule has 1 amide bonds. The van der Waals surface area contributed by atoms with Gasteiger partial charge in [0.2, 0.25) is 0 Å². The van der Waals surface area contributed by atoms with E-state index < -0.39 is 16.1 Å². The summed E-state index contributed by atoms with van der Waals surface area (Å²) in [6.07, 6.45) is -0.384. The van der Waals surface area contributed by atoms with Gasteiger partial charge in [-0.05, 0) is 53.0 Å². The predicted octanol–water partition coefficient (Wildman–Crippen LogP) is 2.50. The Morgan fingerprint density at radius 1 is 1.15 bits per heavy atom. The van der Waals surface area contributed by atoms with Gasteiger partial charge in [0.05, 0.1) is 5.60 Å². The third kappa shape index (κ3) is 10.7. The molecular formula is C19H32BNO4S. The molecule has 26 heavy (non-hydrogen) atoms. The van der Waals surface area contributed by atoms with Gasteiger partial charge >= 0.3 is 6.09 Å². The Balaban J connectivity index is 0.000000660. The molecule has 0 aliphatic rings. The second-order valence-electron chi connectivity index (χ2n) is 8.03. The van der Waals surface area contributed by atoms with Crippen molar-refractivity contribution in [3.8, 4) is 0 Å². The monoisotopic (exact) mass is 381 g/mol. The lowest BCUT2D eigenvalue weighted by Gasteiger charge is -2.30. The minimum atomic E-state index is -1.31. The van der Waals surface area contributed by atoms with E-state index in [1.54, 1.807) is 0 Å². The molecule has 2 radical (unpaired) electrons. The number of carbonyl (C=O) groups excluding carboxylic acids is 1. The van der Waals surface area contributed by atoms with Crippen LogP contribution in [0.5, 0.6) is 0 Å². The number of alkyl carbamates (subject to hydrolysis) is 1. The molecule has 1 aromatic rings. The summed E-state index contributed by atoms with van der Waals surface area (Å²) in [6, 6.07) is 7.66. The first-order valence-corrected chi connectivity index (χ1v) is 8.97. The lowest BCUT2D eigenvalue weighted by molar-refractivity contribution is -0.0589. The number of carbonyl (C=O) groups is 1. The van der Waals surface area contributed by atoms with Crippen molar-refractivity contribution < 1.29 is 19.7 Å². The van der Waals surface area contributed by atoms with Gasteiger partial charge in [0.25, 0.3) is 0 Å². The number of amides is 1. The number of nitrogens with one attached hydrogen (secondary N) is 1. The number of benzene rings is 1. The third-order valence-electron chi connectivity index (χ3n) is 3.62. The second-order valence-corrected chi connectivity index (χ2v) is 8.90. The maximum absolute atomic E-state index is 11.5. The van der Waals surface area contributed by atoms with Crippen molar-refractivity contribution in [1.82, 2.24) is 5.32 Å². The quantitative estimate of drug-likeness (QED) is 0.367. The topological polar surface area (TPSA) is 78.8 Å². The van der Waals surface area contributed by atoms with Crippen molar-refractivity contribution in [3.05, 3.63) is 29.8 Å². The van der Waals surface area contributed by atoms with Gasteiger partial charge in [0.1, 0.15) is 18.4 Å². The highest BCUT2D eigenvalue weighted by Gasteiger charge is 2.33.